The summed E-state index contributed by atoms with van der Waals surface area (Å²) in [5.74, 6) is 0.263. The molecular formula is C8H10N2OS. The smallest absolute Gasteiger partial charge is 0.260 e. The van der Waals surface area contributed by atoms with Gasteiger partial charge in [0.25, 0.3) is 5.91 Å². The Labute approximate surface area is 74.6 Å². The van der Waals surface area contributed by atoms with Crippen molar-refractivity contribution in [1.29, 1.82) is 0 Å². The molecule has 64 valence electrons. The highest BCUT2D eigenvalue weighted by Crippen LogP contribution is 2.42. The van der Waals surface area contributed by atoms with Gasteiger partial charge in [-0.3, -0.25) is 4.79 Å². The van der Waals surface area contributed by atoms with E-state index in [1.165, 1.54) is 24.2 Å². The van der Waals surface area contributed by atoms with Crippen molar-refractivity contribution >= 4 is 17.2 Å². The number of carbonyl (C=O) groups is 1. The Balaban J connectivity index is 2.36. The lowest BCUT2D eigenvalue weighted by Gasteiger charge is -1.85. The second kappa shape index (κ2) is 2.55. The molecule has 0 saturated heterocycles. The molecule has 1 aliphatic carbocycles. The number of aryl methyl sites for hydroxylation is 1. The van der Waals surface area contributed by atoms with Gasteiger partial charge in [-0.15, -0.1) is 11.3 Å². The van der Waals surface area contributed by atoms with Crippen LogP contribution in [0.4, 0.5) is 0 Å². The number of carbonyl (C=O) groups excluding carboxylic acids is 1. The van der Waals surface area contributed by atoms with Crippen molar-refractivity contribution in [2.45, 2.75) is 25.7 Å². The number of hydrogen-bond donors (Lipinski definition) is 1. The van der Waals surface area contributed by atoms with Gasteiger partial charge in [0, 0.05) is 5.92 Å². The number of amides is 1. The Morgan fingerprint density at radius 2 is 2.33 bits per heavy atom. The van der Waals surface area contributed by atoms with Crippen LogP contribution in [0.3, 0.4) is 0 Å². The van der Waals surface area contributed by atoms with Crippen molar-refractivity contribution in [2.75, 3.05) is 0 Å². The van der Waals surface area contributed by atoms with Gasteiger partial charge in [0.1, 0.15) is 4.88 Å². The molecule has 1 heterocycles. The summed E-state index contributed by atoms with van der Waals surface area (Å²) in [5, 5.41) is 1.08. The molecule has 0 aromatic carbocycles. The number of nitrogens with zero attached hydrogens (tertiary/aromatic N) is 1. The first kappa shape index (κ1) is 7.73. The van der Waals surface area contributed by atoms with E-state index in [4.69, 9.17) is 5.73 Å². The van der Waals surface area contributed by atoms with Crippen LogP contribution in [0.2, 0.25) is 0 Å². The van der Waals surface area contributed by atoms with Crippen molar-refractivity contribution in [3.05, 3.63) is 15.6 Å². The molecule has 2 rings (SSSR count). The molecule has 0 spiro atoms. The van der Waals surface area contributed by atoms with Gasteiger partial charge in [-0.2, -0.15) is 0 Å². The third-order valence-corrected chi connectivity index (χ3v) is 3.30. The SMILES string of the molecule is Cc1nc(C2CC2)sc1C(N)=O. The standard InChI is InChI=1S/C8H10N2OS/c1-4-6(7(9)11)12-8(10-4)5-2-3-5/h5H,2-3H2,1H3,(H2,9,11). The van der Waals surface area contributed by atoms with Crippen LogP contribution in [-0.4, -0.2) is 10.9 Å². The molecule has 0 aliphatic heterocycles. The number of primary amides is 1. The molecule has 0 bridgehead atoms. The zero-order valence-corrected chi connectivity index (χ0v) is 7.65. The molecule has 0 unspecified atom stereocenters. The van der Waals surface area contributed by atoms with Gasteiger partial charge in [0.15, 0.2) is 0 Å². The number of nitrogens with two attached hydrogens (primary N) is 1. The Morgan fingerprint density at radius 3 is 2.75 bits per heavy atom. The maximum Gasteiger partial charge on any atom is 0.260 e. The predicted molar refractivity (Wildman–Crippen MR) is 47.3 cm³/mol. The fourth-order valence-electron chi connectivity index (χ4n) is 1.15. The monoisotopic (exact) mass is 182 g/mol. The Kier molecular flexibility index (Phi) is 1.65. The predicted octanol–water partition coefficient (Wildman–Crippen LogP) is 1.43. The van der Waals surface area contributed by atoms with Crippen LogP contribution >= 0.6 is 11.3 Å². The molecule has 0 atom stereocenters. The highest BCUT2D eigenvalue weighted by Gasteiger charge is 2.28. The molecule has 3 nitrogen and oxygen atoms in total. The average Bonchev–Trinajstić information content (AvgIpc) is 2.75. The molecule has 1 saturated carbocycles. The summed E-state index contributed by atoms with van der Waals surface area (Å²) in [4.78, 5) is 15.8. The van der Waals surface area contributed by atoms with E-state index in [1.54, 1.807) is 0 Å². The third kappa shape index (κ3) is 1.22. The molecular weight excluding hydrogens is 172 g/mol. The van der Waals surface area contributed by atoms with E-state index in [2.05, 4.69) is 4.98 Å². The third-order valence-electron chi connectivity index (χ3n) is 1.96. The minimum Gasteiger partial charge on any atom is -0.365 e. The fourth-order valence-corrected chi connectivity index (χ4v) is 2.24. The number of aromatic nitrogens is 1. The van der Waals surface area contributed by atoms with Crippen molar-refractivity contribution < 1.29 is 4.79 Å². The van der Waals surface area contributed by atoms with Gasteiger partial charge in [0.2, 0.25) is 0 Å². The molecule has 2 N–H and O–H groups in total. The van der Waals surface area contributed by atoms with Crippen LogP contribution in [0.5, 0.6) is 0 Å². The van der Waals surface area contributed by atoms with Gasteiger partial charge < -0.3 is 5.73 Å². The van der Waals surface area contributed by atoms with E-state index in [1.807, 2.05) is 6.92 Å². The molecule has 1 aliphatic rings. The lowest BCUT2D eigenvalue weighted by atomic mass is 10.4. The number of hydrogen-bond acceptors (Lipinski definition) is 3. The summed E-state index contributed by atoms with van der Waals surface area (Å²) >= 11 is 1.45. The summed E-state index contributed by atoms with van der Waals surface area (Å²) in [6.07, 6.45) is 2.43. The van der Waals surface area contributed by atoms with Crippen molar-refractivity contribution in [3.8, 4) is 0 Å². The average molecular weight is 182 g/mol. The largest absolute Gasteiger partial charge is 0.365 e. The van der Waals surface area contributed by atoms with E-state index in [9.17, 15) is 4.79 Å². The summed E-state index contributed by atoms with van der Waals surface area (Å²) in [5.41, 5.74) is 5.97. The highest BCUT2D eigenvalue weighted by atomic mass is 32.1. The van der Waals surface area contributed by atoms with E-state index < -0.39 is 0 Å². The van der Waals surface area contributed by atoms with E-state index >= 15 is 0 Å². The highest BCUT2D eigenvalue weighted by molar-refractivity contribution is 7.13. The molecule has 0 radical (unpaired) electrons. The van der Waals surface area contributed by atoms with Crippen molar-refractivity contribution in [2.24, 2.45) is 5.73 Å². The second-order valence-corrected chi connectivity index (χ2v) is 4.14. The molecule has 1 amide bonds. The van der Waals surface area contributed by atoms with Crippen LogP contribution in [0.15, 0.2) is 0 Å². The van der Waals surface area contributed by atoms with Crippen LogP contribution in [0, 0.1) is 6.92 Å². The van der Waals surface area contributed by atoms with Gasteiger partial charge >= 0.3 is 0 Å². The number of rotatable bonds is 2. The van der Waals surface area contributed by atoms with E-state index in [0.717, 1.165) is 10.7 Å². The Morgan fingerprint density at radius 1 is 1.67 bits per heavy atom. The first-order valence-electron chi connectivity index (χ1n) is 3.95. The van der Waals surface area contributed by atoms with Crippen LogP contribution < -0.4 is 5.73 Å². The first-order valence-corrected chi connectivity index (χ1v) is 4.77. The van der Waals surface area contributed by atoms with Crippen LogP contribution in [0.1, 0.15) is 39.1 Å². The van der Waals surface area contributed by atoms with Gasteiger partial charge in [0.05, 0.1) is 10.7 Å². The molecule has 12 heavy (non-hydrogen) atoms. The van der Waals surface area contributed by atoms with Crippen molar-refractivity contribution in [3.63, 3.8) is 0 Å². The molecule has 1 aromatic heterocycles. The zero-order valence-electron chi connectivity index (χ0n) is 6.83. The van der Waals surface area contributed by atoms with Gasteiger partial charge in [-0.05, 0) is 19.8 Å². The summed E-state index contributed by atoms with van der Waals surface area (Å²) < 4.78 is 0. The first-order chi connectivity index (χ1) is 5.68. The van der Waals surface area contributed by atoms with Crippen LogP contribution in [-0.2, 0) is 0 Å². The van der Waals surface area contributed by atoms with Gasteiger partial charge in [-0.1, -0.05) is 0 Å². The van der Waals surface area contributed by atoms with Crippen LogP contribution in [0.25, 0.3) is 0 Å². The minimum atomic E-state index is -0.350. The summed E-state index contributed by atoms with van der Waals surface area (Å²) in [7, 11) is 0. The zero-order chi connectivity index (χ0) is 8.72. The Bertz CT molecular complexity index is 328. The second-order valence-electron chi connectivity index (χ2n) is 3.11. The van der Waals surface area contributed by atoms with E-state index in [-0.39, 0.29) is 5.91 Å². The summed E-state index contributed by atoms with van der Waals surface area (Å²) in [6, 6.07) is 0. The Hall–Kier alpha value is -0.900. The minimum absolute atomic E-state index is 0.350. The molecule has 4 heteroatoms. The maximum atomic E-state index is 10.9. The topological polar surface area (TPSA) is 56.0 Å². The molecule has 1 fully saturated rings. The molecule has 1 aromatic rings. The van der Waals surface area contributed by atoms with Crippen molar-refractivity contribution in [1.82, 2.24) is 4.98 Å². The lowest BCUT2D eigenvalue weighted by molar-refractivity contribution is 0.100. The normalized spacial score (nSPS) is 16.4. The van der Waals surface area contributed by atoms with Gasteiger partial charge in [-0.25, -0.2) is 4.98 Å². The lowest BCUT2D eigenvalue weighted by Crippen LogP contribution is -2.09. The fraction of sp³-hybridized carbons (Fsp3) is 0.500. The quantitative estimate of drug-likeness (QED) is 0.752. The summed E-state index contributed by atoms with van der Waals surface area (Å²) in [6.45, 7) is 1.84. The number of thiazole rings is 1. The maximum absolute atomic E-state index is 10.9. The van der Waals surface area contributed by atoms with E-state index in [0.29, 0.717) is 10.8 Å².